The number of piperazine rings is 1. The van der Waals surface area contributed by atoms with Gasteiger partial charge < -0.3 is 20.4 Å². The minimum Gasteiger partial charge on any atom is -0.354 e. The first kappa shape index (κ1) is 27.6. The lowest BCUT2D eigenvalue weighted by Crippen LogP contribution is -2.46. The third-order valence-electron chi connectivity index (χ3n) is 5.32. The van der Waals surface area contributed by atoms with Gasteiger partial charge in [0.25, 0.3) is 5.91 Å². The molecule has 3 heterocycles. The van der Waals surface area contributed by atoms with Crippen LogP contribution in [-0.2, 0) is 11.0 Å². The second-order valence-electron chi connectivity index (χ2n) is 8.00. The first-order chi connectivity index (χ1) is 17.0. The average Bonchev–Trinajstić information content (AvgIpc) is 3.32. The summed E-state index contributed by atoms with van der Waals surface area (Å²) in [7, 11) is 3.72. The van der Waals surface area contributed by atoms with Gasteiger partial charge in [0.05, 0.1) is 22.8 Å². The van der Waals surface area contributed by atoms with Gasteiger partial charge in [0, 0.05) is 45.5 Å². The molecule has 0 bridgehead atoms. The van der Waals surface area contributed by atoms with Crippen molar-refractivity contribution in [3.8, 4) is 0 Å². The summed E-state index contributed by atoms with van der Waals surface area (Å²) in [5.41, 5.74) is -1.10. The van der Waals surface area contributed by atoms with Crippen LogP contribution in [0.2, 0.25) is 5.02 Å². The number of carbonyl (C=O) groups excluding carboxylic acids is 2. The molecule has 1 atom stereocenters. The predicted molar refractivity (Wildman–Crippen MR) is 132 cm³/mol. The number of hydrogen-bond donors (Lipinski definition) is 2. The number of pyridine rings is 1. The summed E-state index contributed by atoms with van der Waals surface area (Å²) in [5.74, 6) is -0.629. The highest BCUT2D eigenvalue weighted by atomic mass is 35.5. The summed E-state index contributed by atoms with van der Waals surface area (Å²) in [6.07, 6.45) is 0.462. The highest BCUT2D eigenvalue weighted by Crippen LogP contribution is 2.35. The summed E-state index contributed by atoms with van der Waals surface area (Å²) < 4.78 is 39.1. The number of alkyl halides is 3. The van der Waals surface area contributed by atoms with Crippen molar-refractivity contribution < 1.29 is 22.8 Å². The van der Waals surface area contributed by atoms with Gasteiger partial charge in [-0.05, 0) is 26.1 Å². The van der Waals surface area contributed by atoms with Crippen LogP contribution in [0, 0.1) is 0 Å². The van der Waals surface area contributed by atoms with E-state index >= 15 is 0 Å². The molecule has 1 aliphatic heterocycles. The molecule has 1 unspecified atom stereocenters. The van der Waals surface area contributed by atoms with E-state index in [1.807, 2.05) is 0 Å². The Labute approximate surface area is 215 Å². The monoisotopic (exact) mass is 543 g/mol. The number of amides is 2. The number of aliphatic imine (C=N–C) groups is 1. The smallest absolute Gasteiger partial charge is 0.354 e. The molecule has 0 saturated carbocycles. The number of nitrogens with zero attached hydrogens (tertiary/aromatic N) is 5. The molecule has 194 valence electrons. The van der Waals surface area contributed by atoms with E-state index in [2.05, 4.69) is 42.4 Å². The molecular formula is C22H25ClF3N7O2S. The van der Waals surface area contributed by atoms with Gasteiger partial charge >= 0.3 is 6.18 Å². The summed E-state index contributed by atoms with van der Waals surface area (Å²) in [6.45, 7) is 5.16. The second-order valence-corrected chi connectivity index (χ2v) is 9.47. The van der Waals surface area contributed by atoms with Gasteiger partial charge in [-0.1, -0.05) is 11.6 Å². The van der Waals surface area contributed by atoms with Crippen LogP contribution in [0.1, 0.15) is 33.2 Å². The number of thiazole rings is 1. The number of amidine groups is 1. The third kappa shape index (κ3) is 7.24. The first-order valence-electron chi connectivity index (χ1n) is 10.9. The molecule has 1 saturated heterocycles. The lowest BCUT2D eigenvalue weighted by Gasteiger charge is -2.33. The van der Waals surface area contributed by atoms with Crippen molar-refractivity contribution >= 4 is 46.4 Å². The fourth-order valence-corrected chi connectivity index (χ4v) is 4.35. The largest absolute Gasteiger partial charge is 0.418 e. The molecule has 0 aromatic carbocycles. The zero-order valence-corrected chi connectivity index (χ0v) is 21.3. The molecule has 0 spiro atoms. The lowest BCUT2D eigenvalue weighted by molar-refractivity contribution is -0.137. The van der Waals surface area contributed by atoms with E-state index in [-0.39, 0.29) is 16.6 Å². The molecule has 3 rings (SSSR count). The van der Waals surface area contributed by atoms with Gasteiger partial charge in [0.1, 0.15) is 21.5 Å². The summed E-state index contributed by atoms with van der Waals surface area (Å²) in [5, 5.41) is 4.96. The van der Waals surface area contributed by atoms with Crippen molar-refractivity contribution in [1.82, 2.24) is 25.1 Å². The van der Waals surface area contributed by atoms with Crippen LogP contribution in [0.5, 0.6) is 0 Å². The van der Waals surface area contributed by atoms with Crippen LogP contribution < -0.4 is 10.6 Å². The molecule has 2 amide bonds. The van der Waals surface area contributed by atoms with Crippen LogP contribution in [-0.4, -0.2) is 77.7 Å². The molecule has 36 heavy (non-hydrogen) atoms. The molecule has 2 aromatic rings. The Morgan fingerprint density at radius 3 is 2.53 bits per heavy atom. The minimum absolute atomic E-state index is 0.141. The quantitative estimate of drug-likeness (QED) is 0.328. The molecule has 0 aliphatic carbocycles. The summed E-state index contributed by atoms with van der Waals surface area (Å²) in [6, 6.07) is 0.151. The van der Waals surface area contributed by atoms with Crippen LogP contribution in [0.25, 0.3) is 0 Å². The minimum atomic E-state index is -4.69. The average molecular weight is 544 g/mol. The number of hydrogen-bond acceptors (Lipinski definition) is 7. The van der Waals surface area contributed by atoms with Crippen LogP contribution in [0.3, 0.4) is 0 Å². The van der Waals surface area contributed by atoms with Gasteiger partial charge in [0.15, 0.2) is 0 Å². The van der Waals surface area contributed by atoms with Gasteiger partial charge in [-0.15, -0.1) is 11.3 Å². The fourth-order valence-electron chi connectivity index (χ4n) is 3.33. The van der Waals surface area contributed by atoms with Gasteiger partial charge in [-0.2, -0.15) is 13.2 Å². The highest BCUT2D eigenvalue weighted by molar-refractivity contribution is 7.13. The molecule has 9 nitrogen and oxygen atoms in total. The van der Waals surface area contributed by atoms with Crippen molar-refractivity contribution in [2.24, 2.45) is 4.99 Å². The lowest BCUT2D eigenvalue weighted by atomic mass is 10.2. The van der Waals surface area contributed by atoms with E-state index in [0.717, 1.165) is 43.7 Å². The van der Waals surface area contributed by atoms with Crippen molar-refractivity contribution in [3.05, 3.63) is 51.1 Å². The zero-order valence-electron chi connectivity index (χ0n) is 19.8. The van der Waals surface area contributed by atoms with E-state index in [1.165, 1.54) is 12.3 Å². The highest BCUT2D eigenvalue weighted by Gasteiger charge is 2.34. The molecule has 2 N–H and O–H groups in total. The number of halogens is 4. The molecule has 0 radical (unpaired) electrons. The number of aromatic nitrogens is 2. The zero-order chi connectivity index (χ0) is 26.5. The Bertz CT molecular complexity index is 1160. The molecular weight excluding hydrogens is 519 g/mol. The van der Waals surface area contributed by atoms with Crippen LogP contribution in [0.4, 0.5) is 19.0 Å². The molecule has 14 heteroatoms. The Hall–Kier alpha value is -3.03. The number of likely N-dealkylation sites (N-methyl/N-ethyl adjacent to an activating group) is 1. The second kappa shape index (κ2) is 11.8. The maximum Gasteiger partial charge on any atom is 0.418 e. The summed E-state index contributed by atoms with van der Waals surface area (Å²) in [4.78, 5) is 41.5. The number of anilines is 1. The van der Waals surface area contributed by atoms with E-state index < -0.39 is 28.7 Å². The topological polar surface area (TPSA) is 103 Å². The van der Waals surface area contributed by atoms with E-state index in [4.69, 9.17) is 11.6 Å². The first-order valence-corrected chi connectivity index (χ1v) is 12.1. The van der Waals surface area contributed by atoms with Crippen molar-refractivity contribution in [3.63, 3.8) is 0 Å². The number of nitrogens with one attached hydrogen (secondary N) is 2. The number of carbonyl (C=O) groups is 2. The van der Waals surface area contributed by atoms with Crippen molar-refractivity contribution in [2.75, 3.05) is 45.6 Å². The molecule has 1 fully saturated rings. The van der Waals surface area contributed by atoms with Crippen LogP contribution in [0.15, 0.2) is 35.6 Å². The van der Waals surface area contributed by atoms with Crippen molar-refractivity contribution in [2.45, 2.75) is 19.1 Å². The van der Waals surface area contributed by atoms with Gasteiger partial charge in [-0.25, -0.2) is 9.97 Å². The van der Waals surface area contributed by atoms with E-state index in [9.17, 15) is 22.8 Å². The van der Waals surface area contributed by atoms with Crippen molar-refractivity contribution in [1.29, 1.82) is 0 Å². The Kier molecular flexibility index (Phi) is 9.03. The Balaban J connectivity index is 1.58. The summed E-state index contributed by atoms with van der Waals surface area (Å²) >= 11 is 6.55. The third-order valence-corrected chi connectivity index (χ3v) is 6.80. The van der Waals surface area contributed by atoms with Gasteiger partial charge in [0.2, 0.25) is 5.91 Å². The fraction of sp³-hybridized carbons (Fsp3) is 0.409. The standard InChI is InChI=1S/C22H25ClF3N7O2S/c1-13(30-19(34)5-4-18(27-2)33-8-6-32(3)7-9-33)21-29-12-16(36-21)20(35)31-17-10-14(22(24,25)26)15(23)11-28-17/h4-5,10-13H,6-9H2,1-3H3,(H,30,34)(H,28,31,35)/b5-4+,27-18+. The Morgan fingerprint density at radius 1 is 1.19 bits per heavy atom. The number of rotatable bonds is 6. The van der Waals surface area contributed by atoms with Gasteiger partial charge in [-0.3, -0.25) is 14.6 Å². The predicted octanol–water partition coefficient (Wildman–Crippen LogP) is 3.47. The van der Waals surface area contributed by atoms with E-state index in [0.29, 0.717) is 16.9 Å². The molecule has 2 aromatic heterocycles. The Morgan fingerprint density at radius 2 is 1.89 bits per heavy atom. The SMILES string of the molecule is C/N=C(\C=C\C(=O)NC(C)c1ncc(C(=O)Nc2cc(C(F)(F)F)c(Cl)cn2)s1)N1CCN(C)CC1. The normalized spacial score (nSPS) is 16.3. The maximum atomic E-state index is 13.0. The molecule has 1 aliphatic rings. The van der Waals surface area contributed by atoms with Crippen LogP contribution >= 0.6 is 22.9 Å². The van der Waals surface area contributed by atoms with E-state index in [1.54, 1.807) is 20.0 Å². The maximum absolute atomic E-state index is 13.0.